The third kappa shape index (κ3) is 2.00. The zero-order chi connectivity index (χ0) is 11.0. The lowest BCUT2D eigenvalue weighted by atomic mass is 10.4. The molecule has 0 bridgehead atoms. The number of hydrogen-bond acceptors (Lipinski definition) is 5. The molecule has 0 aromatic rings. The number of thioether (sulfide) groups is 1. The van der Waals surface area contributed by atoms with Gasteiger partial charge < -0.3 is 9.47 Å². The van der Waals surface area contributed by atoms with Gasteiger partial charge in [-0.25, -0.2) is 0 Å². The topological polar surface area (TPSA) is 52.6 Å². The summed E-state index contributed by atoms with van der Waals surface area (Å²) >= 11 is 1.26. The molecule has 0 aromatic carbocycles. The first-order valence-corrected chi connectivity index (χ1v) is 8.06. The minimum Gasteiger partial charge on any atom is -0.404 e. The van der Waals surface area contributed by atoms with Gasteiger partial charge in [0.2, 0.25) is 0 Å². The predicted molar refractivity (Wildman–Crippen MR) is 58.4 cm³/mol. The van der Waals surface area contributed by atoms with E-state index in [1.165, 1.54) is 11.8 Å². The van der Waals surface area contributed by atoms with Gasteiger partial charge in [-0.05, 0) is 25.0 Å². The number of ether oxygens (including phenoxy) is 2. The number of carbonyl (C=O) groups excluding carboxylic acids is 2. The quantitative estimate of drug-likeness (QED) is 0.533. The van der Waals surface area contributed by atoms with Crippen molar-refractivity contribution in [1.29, 1.82) is 0 Å². The molecule has 0 aromatic heterocycles. The molecule has 0 amide bonds. The third-order valence-corrected chi connectivity index (χ3v) is 6.10. The van der Waals surface area contributed by atoms with Crippen LogP contribution in [0.3, 0.4) is 0 Å². The van der Waals surface area contributed by atoms with Gasteiger partial charge in [0.05, 0.1) is 0 Å². The summed E-state index contributed by atoms with van der Waals surface area (Å²) in [7, 11) is -1.33. The van der Waals surface area contributed by atoms with Gasteiger partial charge in [-0.15, -0.1) is 0 Å². The summed E-state index contributed by atoms with van der Waals surface area (Å²) in [5.41, 5.74) is 0. The van der Waals surface area contributed by atoms with Crippen LogP contribution in [-0.2, 0) is 19.1 Å². The molecule has 1 aliphatic heterocycles. The standard InChI is InChI=1S/C8H14O4S2/c1-13-8(14(2,3)4)11-6(9)5-7(10)12-8/h5H2,1-4H3. The summed E-state index contributed by atoms with van der Waals surface area (Å²) in [6.45, 7) is 0. The first-order valence-electron chi connectivity index (χ1n) is 3.97. The Bertz CT molecular complexity index is 253. The molecule has 0 atom stereocenters. The van der Waals surface area contributed by atoms with Crippen molar-refractivity contribution in [2.45, 2.75) is 10.9 Å². The number of cyclic esters (lactones) is 2. The lowest BCUT2D eigenvalue weighted by Crippen LogP contribution is -2.45. The average molecular weight is 238 g/mol. The van der Waals surface area contributed by atoms with E-state index in [0.717, 1.165) is 0 Å². The molecule has 0 spiro atoms. The Morgan fingerprint density at radius 1 is 1.21 bits per heavy atom. The Labute approximate surface area is 89.0 Å². The van der Waals surface area contributed by atoms with E-state index in [1.54, 1.807) is 6.26 Å². The molecule has 0 unspecified atom stereocenters. The SMILES string of the molecule is CSC1(S(C)(C)C)OC(=O)CC(=O)O1. The Morgan fingerprint density at radius 2 is 1.64 bits per heavy atom. The van der Waals surface area contributed by atoms with Crippen molar-refractivity contribution in [3.05, 3.63) is 0 Å². The molecular weight excluding hydrogens is 224 g/mol. The van der Waals surface area contributed by atoms with Gasteiger partial charge in [0.25, 0.3) is 0 Å². The smallest absolute Gasteiger partial charge is 0.341 e. The molecule has 6 heteroatoms. The molecule has 82 valence electrons. The molecule has 0 saturated carbocycles. The molecule has 1 rings (SSSR count). The van der Waals surface area contributed by atoms with Crippen LogP contribution in [-0.4, -0.2) is 41.4 Å². The number of esters is 2. The number of rotatable bonds is 2. The normalized spacial score (nSPS) is 22.6. The minimum atomic E-state index is -1.33. The Hall–Kier alpha value is -0.360. The largest absolute Gasteiger partial charge is 0.404 e. The maximum absolute atomic E-state index is 11.2. The van der Waals surface area contributed by atoms with Crippen molar-refractivity contribution < 1.29 is 19.1 Å². The van der Waals surface area contributed by atoms with Crippen molar-refractivity contribution in [1.82, 2.24) is 0 Å². The molecule has 0 N–H and O–H groups in total. The maximum atomic E-state index is 11.2. The summed E-state index contributed by atoms with van der Waals surface area (Å²) in [5.74, 6) is -1.00. The highest BCUT2D eigenvalue weighted by molar-refractivity contribution is 8.39. The minimum absolute atomic E-state index is 0.280. The molecule has 1 aliphatic rings. The second kappa shape index (κ2) is 3.66. The molecule has 14 heavy (non-hydrogen) atoms. The molecule has 1 heterocycles. The fourth-order valence-electron chi connectivity index (χ4n) is 1.07. The van der Waals surface area contributed by atoms with Gasteiger partial charge in [0, 0.05) is 0 Å². The summed E-state index contributed by atoms with van der Waals surface area (Å²) in [6, 6.07) is 0. The molecule has 0 radical (unpaired) electrons. The molecule has 1 saturated heterocycles. The fourth-order valence-corrected chi connectivity index (χ4v) is 4.11. The van der Waals surface area contributed by atoms with E-state index >= 15 is 0 Å². The van der Waals surface area contributed by atoms with Crippen molar-refractivity contribution in [3.63, 3.8) is 0 Å². The Morgan fingerprint density at radius 3 is 1.93 bits per heavy atom. The summed E-state index contributed by atoms with van der Waals surface area (Å²) in [4.78, 5) is 22.3. The van der Waals surface area contributed by atoms with E-state index in [2.05, 4.69) is 0 Å². The van der Waals surface area contributed by atoms with Crippen LogP contribution in [0.1, 0.15) is 6.42 Å². The zero-order valence-electron chi connectivity index (χ0n) is 8.66. The summed E-state index contributed by atoms with van der Waals surface area (Å²) < 4.78 is 9.25. The molecular formula is C8H14O4S2. The predicted octanol–water partition coefficient (Wildman–Crippen LogP) is 1.14. The fraction of sp³-hybridized carbons (Fsp3) is 0.750. The van der Waals surface area contributed by atoms with Crippen LogP contribution in [0.2, 0.25) is 0 Å². The number of hydrogen-bond donors (Lipinski definition) is 0. The van der Waals surface area contributed by atoms with Crippen molar-refractivity contribution in [2.75, 3.05) is 25.0 Å². The highest BCUT2D eigenvalue weighted by Crippen LogP contribution is 2.58. The van der Waals surface area contributed by atoms with Crippen LogP contribution < -0.4 is 0 Å². The van der Waals surface area contributed by atoms with Crippen LogP contribution in [0.25, 0.3) is 0 Å². The highest BCUT2D eigenvalue weighted by Gasteiger charge is 2.50. The molecule has 0 aliphatic carbocycles. The Balaban J connectivity index is 2.99. The lowest BCUT2D eigenvalue weighted by Gasteiger charge is -2.45. The van der Waals surface area contributed by atoms with Crippen LogP contribution in [0, 0.1) is 0 Å². The Kier molecular flexibility index (Phi) is 3.06. The first kappa shape index (κ1) is 11.7. The molecule has 4 nitrogen and oxygen atoms in total. The zero-order valence-corrected chi connectivity index (χ0v) is 10.3. The van der Waals surface area contributed by atoms with Crippen LogP contribution in [0.4, 0.5) is 0 Å². The van der Waals surface area contributed by atoms with Crippen molar-refractivity contribution in [3.8, 4) is 0 Å². The first-order chi connectivity index (χ1) is 6.31. The van der Waals surface area contributed by atoms with Crippen LogP contribution in [0.5, 0.6) is 0 Å². The highest BCUT2D eigenvalue weighted by atomic mass is 32.3. The van der Waals surface area contributed by atoms with E-state index < -0.39 is 26.4 Å². The van der Waals surface area contributed by atoms with E-state index in [9.17, 15) is 9.59 Å². The second-order valence-corrected chi connectivity index (χ2v) is 9.08. The van der Waals surface area contributed by atoms with Crippen LogP contribution >= 0.6 is 21.8 Å². The third-order valence-electron chi connectivity index (χ3n) is 1.77. The van der Waals surface area contributed by atoms with Crippen LogP contribution in [0.15, 0.2) is 0 Å². The second-order valence-electron chi connectivity index (χ2n) is 3.67. The molecule has 1 fully saturated rings. The van der Waals surface area contributed by atoms with E-state index in [4.69, 9.17) is 9.47 Å². The van der Waals surface area contributed by atoms with Gasteiger partial charge in [-0.3, -0.25) is 9.59 Å². The maximum Gasteiger partial charge on any atom is 0.341 e. The van der Waals surface area contributed by atoms with Crippen molar-refractivity contribution >= 4 is 33.7 Å². The summed E-state index contributed by atoms with van der Waals surface area (Å²) in [5, 5.41) is 0. The van der Waals surface area contributed by atoms with Gasteiger partial charge >= 0.3 is 16.4 Å². The van der Waals surface area contributed by atoms with Crippen molar-refractivity contribution in [2.24, 2.45) is 0 Å². The number of carbonyl (C=O) groups is 2. The van der Waals surface area contributed by atoms with Gasteiger partial charge in [-0.2, -0.15) is 10.0 Å². The van der Waals surface area contributed by atoms with Gasteiger partial charge in [0.15, 0.2) is 0 Å². The average Bonchev–Trinajstić information content (AvgIpc) is 2.00. The lowest BCUT2D eigenvalue weighted by molar-refractivity contribution is -0.194. The van der Waals surface area contributed by atoms with Gasteiger partial charge in [0.1, 0.15) is 6.42 Å². The summed E-state index contributed by atoms with van der Waals surface area (Å²) in [6.07, 6.45) is 7.31. The van der Waals surface area contributed by atoms with Gasteiger partial charge in [-0.1, -0.05) is 11.8 Å². The monoisotopic (exact) mass is 238 g/mol. The van der Waals surface area contributed by atoms with E-state index in [-0.39, 0.29) is 6.42 Å². The van der Waals surface area contributed by atoms with E-state index in [0.29, 0.717) is 0 Å². The van der Waals surface area contributed by atoms with E-state index in [1.807, 2.05) is 18.8 Å².